The number of thioether (sulfide) groups is 2. The van der Waals surface area contributed by atoms with Gasteiger partial charge in [0.05, 0.1) is 17.1 Å². The van der Waals surface area contributed by atoms with E-state index in [0.717, 1.165) is 40.4 Å². The lowest BCUT2D eigenvalue weighted by Crippen LogP contribution is -2.39. The van der Waals surface area contributed by atoms with E-state index in [9.17, 15) is 0 Å². The topological polar surface area (TPSA) is 163 Å². The Bertz CT molecular complexity index is 1980. The lowest BCUT2D eigenvalue weighted by Gasteiger charge is -2.12. The van der Waals surface area contributed by atoms with Gasteiger partial charge in [-0.05, 0) is 78.4 Å². The minimum absolute atomic E-state index is 0.135. The van der Waals surface area contributed by atoms with Crippen LogP contribution in [0.2, 0.25) is 0 Å². The van der Waals surface area contributed by atoms with Crippen molar-refractivity contribution in [3.8, 4) is 11.1 Å². The van der Waals surface area contributed by atoms with Gasteiger partial charge < -0.3 is 5.73 Å². The molecule has 0 bridgehead atoms. The van der Waals surface area contributed by atoms with Crippen LogP contribution in [0.5, 0.6) is 0 Å². The molecule has 0 amide bonds. The number of nitrogens with one attached hydrogen (secondary N) is 3. The van der Waals surface area contributed by atoms with E-state index >= 15 is 0 Å². The van der Waals surface area contributed by atoms with Crippen molar-refractivity contribution in [2.45, 2.75) is 6.92 Å². The van der Waals surface area contributed by atoms with Crippen molar-refractivity contribution in [2.24, 2.45) is 5.73 Å². The van der Waals surface area contributed by atoms with Gasteiger partial charge >= 0.3 is 5.71 Å². The van der Waals surface area contributed by atoms with Gasteiger partial charge in [-0.3, -0.25) is 16.2 Å². The highest BCUT2D eigenvalue weighted by molar-refractivity contribution is 8.27. The van der Waals surface area contributed by atoms with Crippen LogP contribution in [-0.2, 0) is 0 Å². The first-order valence-corrected chi connectivity index (χ1v) is 15.5. The number of nitrogens with zero attached hydrogens (tertiary/aromatic N) is 3. The second kappa shape index (κ2) is 14.4. The molecule has 7 N–H and O–H groups in total. The zero-order valence-corrected chi connectivity index (χ0v) is 26.0. The summed E-state index contributed by atoms with van der Waals surface area (Å²) in [4.78, 5) is 9.18. The molecule has 220 valence electrons. The van der Waals surface area contributed by atoms with Crippen molar-refractivity contribution in [1.82, 2.24) is 14.6 Å². The van der Waals surface area contributed by atoms with Crippen LogP contribution in [-0.4, -0.2) is 42.1 Å². The van der Waals surface area contributed by atoms with E-state index < -0.39 is 0 Å². The number of rotatable bonds is 8. The van der Waals surface area contributed by atoms with E-state index in [1.165, 1.54) is 0 Å². The van der Waals surface area contributed by atoms with Gasteiger partial charge in [0.25, 0.3) is 11.3 Å². The first kappa shape index (κ1) is 31.0. The first-order chi connectivity index (χ1) is 21.8. The molecule has 3 heterocycles. The monoisotopic (exact) mass is 626 g/mol. The van der Waals surface area contributed by atoms with Crippen molar-refractivity contribution < 1.29 is 5.41 Å². The summed E-state index contributed by atoms with van der Waals surface area (Å²) < 4.78 is 4.29. The SMILES string of the molecule is C/C=C\C=C(/N)c1cccc(C(=[NH2+])SC(=N)c2cc(C(=N)SC(=N)c3cccc(C4=[N+]=CC=C4)n3)cc(-c3ccccc3)c2)n1. The molecule has 5 rings (SSSR count). The third kappa shape index (κ3) is 7.76. The molecular formula is C35H30N8S2+2. The molecule has 0 saturated carbocycles. The second-order valence-electron chi connectivity index (χ2n) is 9.71. The number of hydrogen-bond donors (Lipinski definition) is 5. The number of nitrogens with two attached hydrogens (primary N) is 2. The van der Waals surface area contributed by atoms with E-state index in [-0.39, 0.29) is 15.1 Å². The fourth-order valence-electron chi connectivity index (χ4n) is 4.30. The third-order valence-electron chi connectivity index (χ3n) is 6.54. The molecule has 2 aromatic heterocycles. The fraction of sp³-hybridized carbons (Fsp3) is 0.0286. The van der Waals surface area contributed by atoms with Gasteiger partial charge in [0.2, 0.25) is 0 Å². The lowest BCUT2D eigenvalue weighted by atomic mass is 10.0. The Morgan fingerprint density at radius 2 is 1.47 bits per heavy atom. The molecule has 0 spiro atoms. The fourth-order valence-corrected chi connectivity index (χ4v) is 5.63. The summed E-state index contributed by atoms with van der Waals surface area (Å²) in [6.45, 7) is 1.91. The summed E-state index contributed by atoms with van der Waals surface area (Å²) >= 11 is 2.09. The Balaban J connectivity index is 1.40. The van der Waals surface area contributed by atoms with Crippen LogP contribution >= 0.6 is 23.5 Å². The summed E-state index contributed by atoms with van der Waals surface area (Å²) in [7, 11) is 0. The summed E-state index contributed by atoms with van der Waals surface area (Å²) in [6.07, 6.45) is 10.9. The maximum absolute atomic E-state index is 8.96. The van der Waals surface area contributed by atoms with Crippen LogP contribution in [0.1, 0.15) is 40.8 Å². The third-order valence-corrected chi connectivity index (χ3v) is 8.27. The smallest absolute Gasteiger partial charge is 0.352 e. The molecule has 10 heteroatoms. The largest absolute Gasteiger partial charge is 0.397 e. The molecule has 0 atom stereocenters. The molecule has 45 heavy (non-hydrogen) atoms. The molecule has 0 radical (unpaired) electrons. The van der Waals surface area contributed by atoms with Gasteiger partial charge in [-0.15, -0.1) is 0 Å². The zero-order valence-electron chi connectivity index (χ0n) is 24.4. The molecule has 2 aromatic carbocycles. The highest BCUT2D eigenvalue weighted by Gasteiger charge is 2.20. The predicted octanol–water partition coefficient (Wildman–Crippen LogP) is 4.86. The van der Waals surface area contributed by atoms with Gasteiger partial charge in [0.1, 0.15) is 20.8 Å². The standard InChI is InChI=1S/C35H29N8S2/c1-2-3-12-26(36)27-13-7-15-30(42-27)34(39)44-32(37)24-19-23(22-10-5-4-6-11-22)20-25(21-24)33(38)45-35(40)31-16-8-14-29(43-31)28-17-9-18-41-28/h2-21,37-40H,36H2,1H3/q+1/p+1/b3-2-,26-12-,37-32?,38-33?,39-34?,40-35?. The second-order valence-corrected chi connectivity index (χ2v) is 11.8. The van der Waals surface area contributed by atoms with Crippen molar-refractivity contribution in [1.29, 1.82) is 16.2 Å². The summed E-state index contributed by atoms with van der Waals surface area (Å²) in [5.41, 5.74) is 12.6. The molecule has 8 nitrogen and oxygen atoms in total. The average molecular weight is 627 g/mol. The first-order valence-electron chi connectivity index (χ1n) is 13.9. The minimum atomic E-state index is 0.135. The molecule has 0 fully saturated rings. The van der Waals surface area contributed by atoms with Crippen LogP contribution < -0.4 is 15.8 Å². The minimum Gasteiger partial charge on any atom is -0.397 e. The maximum atomic E-state index is 8.96. The van der Waals surface area contributed by atoms with Gasteiger partial charge in [0.15, 0.2) is 5.69 Å². The molecule has 0 saturated heterocycles. The average Bonchev–Trinajstić information content (AvgIpc) is 3.63. The highest BCUT2D eigenvalue weighted by Crippen LogP contribution is 2.28. The van der Waals surface area contributed by atoms with Crippen LogP contribution in [0.15, 0.2) is 115 Å². The zero-order chi connectivity index (χ0) is 31.8. The highest BCUT2D eigenvalue weighted by atomic mass is 32.2. The summed E-state index contributed by atoms with van der Waals surface area (Å²) in [5, 5.41) is 33.9. The molecule has 4 aromatic rings. The van der Waals surface area contributed by atoms with E-state index in [1.807, 2.05) is 98.0 Å². The number of benzene rings is 2. The number of pyridine rings is 2. The van der Waals surface area contributed by atoms with Gasteiger partial charge in [0, 0.05) is 35.0 Å². The summed E-state index contributed by atoms with van der Waals surface area (Å²) in [6, 6.07) is 26.2. The normalized spacial score (nSPS) is 12.4. The number of allylic oxidation sites excluding steroid dienone is 5. The van der Waals surface area contributed by atoms with E-state index in [1.54, 1.807) is 30.5 Å². The van der Waals surface area contributed by atoms with Crippen molar-refractivity contribution >= 4 is 61.3 Å². The Morgan fingerprint density at radius 3 is 2.18 bits per heavy atom. The van der Waals surface area contributed by atoms with Crippen molar-refractivity contribution in [3.63, 3.8) is 0 Å². The van der Waals surface area contributed by atoms with Crippen LogP contribution in [0.4, 0.5) is 0 Å². The summed E-state index contributed by atoms with van der Waals surface area (Å²) in [5.74, 6) is 0. The van der Waals surface area contributed by atoms with Gasteiger partial charge in [-0.25, -0.2) is 15.4 Å². The quantitative estimate of drug-likeness (QED) is 0.0815. The van der Waals surface area contributed by atoms with Gasteiger partial charge in [-0.2, -0.15) is 0 Å². The number of aromatic nitrogens is 2. The van der Waals surface area contributed by atoms with Crippen LogP contribution in [0.25, 0.3) is 16.8 Å². The molecule has 1 aliphatic rings. The Labute approximate surface area is 269 Å². The van der Waals surface area contributed by atoms with Crippen LogP contribution in [0.3, 0.4) is 0 Å². The maximum Gasteiger partial charge on any atom is 0.352 e. The Kier molecular flexibility index (Phi) is 9.91. The molecule has 0 aliphatic carbocycles. The van der Waals surface area contributed by atoms with Crippen molar-refractivity contribution in [2.75, 3.05) is 0 Å². The predicted molar refractivity (Wildman–Crippen MR) is 190 cm³/mol. The molecule has 1 aliphatic heterocycles. The molecule has 0 unspecified atom stereocenters. The Hall–Kier alpha value is -5.41. The van der Waals surface area contributed by atoms with E-state index in [0.29, 0.717) is 44.6 Å². The van der Waals surface area contributed by atoms with Gasteiger partial charge in [-0.1, -0.05) is 59.3 Å². The Morgan fingerprint density at radius 1 is 0.778 bits per heavy atom. The number of hydrogen-bond acceptors (Lipinski definition) is 8. The van der Waals surface area contributed by atoms with Crippen molar-refractivity contribution in [3.05, 3.63) is 149 Å². The van der Waals surface area contributed by atoms with E-state index in [4.69, 9.17) is 27.4 Å². The lowest BCUT2D eigenvalue weighted by molar-refractivity contribution is -0.107. The molecular weight excluding hydrogens is 597 g/mol. The van der Waals surface area contributed by atoms with E-state index in [2.05, 4.69) is 14.6 Å². The van der Waals surface area contributed by atoms with Crippen LogP contribution in [0, 0.1) is 16.2 Å².